The highest BCUT2D eigenvalue weighted by Gasteiger charge is 2.25. The monoisotopic (exact) mass is 212 g/mol. The molecule has 2 N–H and O–H groups in total. The Bertz CT molecular complexity index is 164. The highest BCUT2D eigenvalue weighted by Crippen LogP contribution is 2.30. The normalized spacial score (nSPS) is 18.8. The molecule has 1 fully saturated rings. The van der Waals surface area contributed by atoms with E-state index in [1.165, 1.54) is 38.8 Å². The van der Waals surface area contributed by atoms with Gasteiger partial charge in [-0.05, 0) is 64.5 Å². The number of hydrogen-bond donors (Lipinski definition) is 1. The van der Waals surface area contributed by atoms with Gasteiger partial charge in [-0.2, -0.15) is 0 Å². The Morgan fingerprint density at radius 1 is 1.27 bits per heavy atom. The average Bonchev–Trinajstić information content (AvgIpc) is 2.99. The predicted octanol–water partition coefficient (Wildman–Crippen LogP) is 2.48. The van der Waals surface area contributed by atoms with Crippen molar-refractivity contribution in [2.24, 2.45) is 17.6 Å². The number of hydrogen-bond acceptors (Lipinski definition) is 2. The summed E-state index contributed by atoms with van der Waals surface area (Å²) in [5.74, 6) is 1.71. The van der Waals surface area contributed by atoms with Gasteiger partial charge in [0.2, 0.25) is 0 Å². The minimum Gasteiger partial charge on any atom is -0.330 e. The van der Waals surface area contributed by atoms with E-state index in [0.29, 0.717) is 12.0 Å². The van der Waals surface area contributed by atoms with Crippen LogP contribution >= 0.6 is 0 Å². The Kier molecular flexibility index (Phi) is 5.62. The van der Waals surface area contributed by atoms with Gasteiger partial charge in [-0.3, -0.25) is 0 Å². The lowest BCUT2D eigenvalue weighted by molar-refractivity contribution is 0.205. The van der Waals surface area contributed by atoms with Crippen LogP contribution in [-0.2, 0) is 0 Å². The van der Waals surface area contributed by atoms with E-state index in [9.17, 15) is 0 Å². The van der Waals surface area contributed by atoms with E-state index in [-0.39, 0.29) is 0 Å². The Morgan fingerprint density at radius 3 is 2.40 bits per heavy atom. The van der Waals surface area contributed by atoms with Gasteiger partial charge in [-0.25, -0.2) is 0 Å². The van der Waals surface area contributed by atoms with Crippen molar-refractivity contribution in [3.05, 3.63) is 0 Å². The van der Waals surface area contributed by atoms with Crippen molar-refractivity contribution in [3.63, 3.8) is 0 Å². The third kappa shape index (κ3) is 5.53. The van der Waals surface area contributed by atoms with E-state index in [1.807, 2.05) is 0 Å². The van der Waals surface area contributed by atoms with Crippen molar-refractivity contribution >= 4 is 0 Å². The molecule has 0 saturated heterocycles. The Labute approximate surface area is 95.2 Å². The molecule has 0 radical (unpaired) electrons. The van der Waals surface area contributed by atoms with Crippen molar-refractivity contribution in [3.8, 4) is 0 Å². The molecule has 1 rings (SSSR count). The zero-order valence-corrected chi connectivity index (χ0v) is 10.7. The Hall–Kier alpha value is -0.0800. The van der Waals surface area contributed by atoms with Crippen LogP contribution < -0.4 is 5.73 Å². The molecule has 1 aliphatic rings. The molecule has 0 heterocycles. The first-order valence-electron chi connectivity index (χ1n) is 6.57. The summed E-state index contributed by atoms with van der Waals surface area (Å²) >= 11 is 0. The highest BCUT2D eigenvalue weighted by atomic mass is 15.1. The summed E-state index contributed by atoms with van der Waals surface area (Å²) in [6.45, 7) is 10.3. The van der Waals surface area contributed by atoms with Gasteiger partial charge in [0.15, 0.2) is 0 Å². The summed E-state index contributed by atoms with van der Waals surface area (Å²) in [5.41, 5.74) is 5.63. The number of nitrogens with zero attached hydrogens (tertiary/aromatic N) is 1. The molecule has 0 amide bonds. The summed E-state index contributed by atoms with van der Waals surface area (Å²) in [7, 11) is 0. The fraction of sp³-hybridized carbons (Fsp3) is 1.00. The molecule has 0 aromatic heterocycles. The van der Waals surface area contributed by atoms with Crippen LogP contribution in [0.15, 0.2) is 0 Å². The SMILES string of the molecule is CC(CN)CCCN(CC1CC1)C(C)C. The fourth-order valence-electron chi connectivity index (χ4n) is 1.95. The Morgan fingerprint density at radius 2 is 1.93 bits per heavy atom. The summed E-state index contributed by atoms with van der Waals surface area (Å²) in [5, 5.41) is 0. The first kappa shape index (κ1) is 13.0. The second-order valence-corrected chi connectivity index (χ2v) is 5.52. The van der Waals surface area contributed by atoms with E-state index in [4.69, 9.17) is 5.73 Å². The summed E-state index contributed by atoms with van der Waals surface area (Å²) in [4.78, 5) is 2.64. The van der Waals surface area contributed by atoms with Gasteiger partial charge in [0.25, 0.3) is 0 Å². The minimum absolute atomic E-state index is 0.694. The van der Waals surface area contributed by atoms with Crippen molar-refractivity contribution in [1.29, 1.82) is 0 Å². The molecule has 0 bridgehead atoms. The van der Waals surface area contributed by atoms with E-state index in [2.05, 4.69) is 25.7 Å². The lowest BCUT2D eigenvalue weighted by atomic mass is 10.1. The fourth-order valence-corrected chi connectivity index (χ4v) is 1.95. The van der Waals surface area contributed by atoms with Crippen LogP contribution in [0.5, 0.6) is 0 Å². The third-order valence-electron chi connectivity index (χ3n) is 3.46. The largest absolute Gasteiger partial charge is 0.330 e. The van der Waals surface area contributed by atoms with Crippen LogP contribution in [0.1, 0.15) is 46.5 Å². The first-order chi connectivity index (χ1) is 7.13. The molecule has 1 aliphatic carbocycles. The summed E-state index contributed by atoms with van der Waals surface area (Å²) in [6, 6.07) is 0.707. The average molecular weight is 212 g/mol. The molecule has 2 heteroatoms. The van der Waals surface area contributed by atoms with Gasteiger partial charge in [0.05, 0.1) is 0 Å². The quantitative estimate of drug-likeness (QED) is 0.670. The van der Waals surface area contributed by atoms with Gasteiger partial charge in [-0.1, -0.05) is 6.92 Å². The molecule has 0 aromatic carbocycles. The number of nitrogens with two attached hydrogens (primary N) is 1. The van der Waals surface area contributed by atoms with Crippen molar-refractivity contribution < 1.29 is 0 Å². The van der Waals surface area contributed by atoms with Gasteiger partial charge in [-0.15, -0.1) is 0 Å². The molecule has 1 unspecified atom stereocenters. The van der Waals surface area contributed by atoms with Crippen LogP contribution in [0.2, 0.25) is 0 Å². The number of rotatable bonds is 8. The molecule has 1 saturated carbocycles. The van der Waals surface area contributed by atoms with Gasteiger partial charge < -0.3 is 10.6 Å². The molecular weight excluding hydrogens is 184 g/mol. The van der Waals surface area contributed by atoms with Crippen LogP contribution in [0, 0.1) is 11.8 Å². The molecule has 0 aliphatic heterocycles. The Balaban J connectivity index is 2.13. The summed E-state index contributed by atoms with van der Waals surface area (Å²) < 4.78 is 0. The second-order valence-electron chi connectivity index (χ2n) is 5.52. The van der Waals surface area contributed by atoms with Gasteiger partial charge in [0.1, 0.15) is 0 Å². The van der Waals surface area contributed by atoms with Crippen LogP contribution in [0.25, 0.3) is 0 Å². The summed E-state index contributed by atoms with van der Waals surface area (Å²) in [6.07, 6.45) is 5.51. The molecular formula is C13H28N2. The first-order valence-corrected chi connectivity index (χ1v) is 6.57. The molecule has 0 spiro atoms. The van der Waals surface area contributed by atoms with E-state index >= 15 is 0 Å². The van der Waals surface area contributed by atoms with Crippen LogP contribution in [-0.4, -0.2) is 30.6 Å². The lowest BCUT2D eigenvalue weighted by Gasteiger charge is -2.26. The minimum atomic E-state index is 0.694. The van der Waals surface area contributed by atoms with E-state index in [0.717, 1.165) is 12.5 Å². The molecule has 0 aromatic rings. The van der Waals surface area contributed by atoms with Gasteiger partial charge >= 0.3 is 0 Å². The molecule has 15 heavy (non-hydrogen) atoms. The topological polar surface area (TPSA) is 29.3 Å². The van der Waals surface area contributed by atoms with E-state index in [1.54, 1.807) is 0 Å². The maximum absolute atomic E-state index is 5.63. The van der Waals surface area contributed by atoms with Crippen molar-refractivity contribution in [2.45, 2.75) is 52.5 Å². The highest BCUT2D eigenvalue weighted by molar-refractivity contribution is 4.78. The lowest BCUT2D eigenvalue weighted by Crippen LogP contribution is -2.34. The molecule has 90 valence electrons. The second kappa shape index (κ2) is 6.49. The zero-order valence-electron chi connectivity index (χ0n) is 10.7. The maximum Gasteiger partial charge on any atom is 0.00387 e. The zero-order chi connectivity index (χ0) is 11.3. The van der Waals surface area contributed by atoms with Crippen LogP contribution in [0.4, 0.5) is 0 Å². The standard InChI is InChI=1S/C13H28N2/c1-11(2)15(10-13-6-7-13)8-4-5-12(3)9-14/h11-13H,4-10,14H2,1-3H3. The predicted molar refractivity (Wildman–Crippen MR) is 66.9 cm³/mol. The van der Waals surface area contributed by atoms with Crippen molar-refractivity contribution in [1.82, 2.24) is 4.90 Å². The van der Waals surface area contributed by atoms with E-state index < -0.39 is 0 Å². The van der Waals surface area contributed by atoms with Crippen molar-refractivity contribution in [2.75, 3.05) is 19.6 Å². The van der Waals surface area contributed by atoms with Crippen LogP contribution in [0.3, 0.4) is 0 Å². The smallest absolute Gasteiger partial charge is 0.00387 e. The third-order valence-corrected chi connectivity index (χ3v) is 3.46. The molecule has 2 nitrogen and oxygen atoms in total. The maximum atomic E-state index is 5.63. The van der Waals surface area contributed by atoms with Gasteiger partial charge in [0, 0.05) is 12.6 Å². The molecule has 1 atom stereocenters.